The summed E-state index contributed by atoms with van der Waals surface area (Å²) in [5, 5.41) is 31.9. The van der Waals surface area contributed by atoms with E-state index in [-0.39, 0.29) is 37.9 Å². The Balaban J connectivity index is 2.17. The third kappa shape index (κ3) is 14.8. The lowest BCUT2D eigenvalue weighted by Crippen LogP contribution is -2.57. The summed E-state index contributed by atoms with van der Waals surface area (Å²) in [6, 6.07) is 11.1. The zero-order valence-corrected chi connectivity index (χ0v) is 29.0. The van der Waals surface area contributed by atoms with Gasteiger partial charge in [-0.1, -0.05) is 90.3 Å². The third-order valence-corrected chi connectivity index (χ3v) is 8.23. The zero-order chi connectivity index (χ0) is 35.5. The highest BCUT2D eigenvalue weighted by Gasteiger charge is 2.31. The molecule has 4 amide bonds. The van der Waals surface area contributed by atoms with Crippen LogP contribution in [0, 0.1) is 11.8 Å². The first-order valence-corrected chi connectivity index (χ1v) is 17.0. The minimum absolute atomic E-state index is 0.0159. The Morgan fingerprint density at radius 1 is 0.854 bits per heavy atom. The number of hydrogen-bond donors (Lipinski definition) is 6. The van der Waals surface area contributed by atoms with Crippen LogP contribution in [0.1, 0.15) is 84.4 Å². The number of nitrogens with zero attached hydrogens (tertiary/aromatic N) is 1. The second kappa shape index (κ2) is 21.8. The van der Waals surface area contributed by atoms with Gasteiger partial charge in [0.25, 0.3) is 0 Å². The van der Waals surface area contributed by atoms with Crippen molar-refractivity contribution in [3.8, 4) is 0 Å². The molecule has 0 radical (unpaired) electrons. The van der Waals surface area contributed by atoms with Crippen LogP contribution in [0.2, 0.25) is 0 Å². The molecule has 0 aliphatic carbocycles. The average Bonchev–Trinajstić information content (AvgIpc) is 3.07. The maximum atomic E-state index is 13.7. The maximum Gasteiger partial charge on any atom is 0.408 e. The first-order chi connectivity index (χ1) is 23.0. The summed E-state index contributed by atoms with van der Waals surface area (Å²) < 4.78 is 5.36. The van der Waals surface area contributed by atoms with Crippen molar-refractivity contribution in [3.05, 3.63) is 66.0 Å². The van der Waals surface area contributed by atoms with Gasteiger partial charge in [0.2, 0.25) is 17.7 Å². The molecule has 0 fully saturated rings. The lowest BCUT2D eigenvalue weighted by atomic mass is 9.95. The highest BCUT2D eigenvalue weighted by Crippen LogP contribution is 2.14. The van der Waals surface area contributed by atoms with E-state index in [0.29, 0.717) is 25.0 Å². The highest BCUT2D eigenvalue weighted by molar-refractivity contribution is 5.91. The van der Waals surface area contributed by atoms with E-state index in [9.17, 15) is 29.4 Å². The van der Waals surface area contributed by atoms with Gasteiger partial charge >= 0.3 is 6.09 Å². The molecular weight excluding hydrogens is 614 g/mol. The third-order valence-electron chi connectivity index (χ3n) is 8.23. The van der Waals surface area contributed by atoms with Crippen molar-refractivity contribution in [1.29, 1.82) is 0 Å². The molecule has 0 aliphatic heterocycles. The lowest BCUT2D eigenvalue weighted by Gasteiger charge is -2.29. The van der Waals surface area contributed by atoms with Gasteiger partial charge in [0.15, 0.2) is 0 Å². The van der Waals surface area contributed by atoms with E-state index in [1.54, 1.807) is 24.4 Å². The molecule has 48 heavy (non-hydrogen) atoms. The van der Waals surface area contributed by atoms with Gasteiger partial charge in [0, 0.05) is 18.3 Å². The number of aliphatic hydroxyl groups excluding tert-OH is 2. The van der Waals surface area contributed by atoms with Crippen molar-refractivity contribution in [1.82, 2.24) is 26.3 Å². The second-order valence-electron chi connectivity index (χ2n) is 12.7. The number of aromatic nitrogens is 1. The van der Waals surface area contributed by atoms with E-state index in [4.69, 9.17) is 4.74 Å². The van der Waals surface area contributed by atoms with Crippen LogP contribution < -0.4 is 21.3 Å². The number of pyridine rings is 1. The normalized spacial score (nSPS) is 14.9. The van der Waals surface area contributed by atoms with Gasteiger partial charge in [-0.2, -0.15) is 0 Å². The summed E-state index contributed by atoms with van der Waals surface area (Å²) in [7, 11) is 0. The molecule has 1 aromatic carbocycles. The number of carbonyl (C=O) groups is 4. The summed E-state index contributed by atoms with van der Waals surface area (Å²) in [5.74, 6) is -1.39. The van der Waals surface area contributed by atoms with Gasteiger partial charge in [-0.05, 0) is 42.4 Å². The summed E-state index contributed by atoms with van der Waals surface area (Å²) >= 11 is 0. The van der Waals surface area contributed by atoms with Gasteiger partial charge in [-0.25, -0.2) is 4.79 Å². The standard InChI is InChI=1S/C36H55N5O7/c1-6-8-17-28(34(45)40-29(19-24(3)4)32(43)21-33(44)38-31(22-42)25(5)7-2)39-35(46)30(20-27-16-12-13-18-37-27)41-36(47)48-23-26-14-10-9-11-15-26/h9-16,18,24-25,28-32,42-43H,6-8,17,19-23H2,1-5H3,(H,38,44)(H,39,46)(H,40,45)(H,41,47)/t25?,28-,29?,30-,31+,32?/m0/s1. The van der Waals surface area contributed by atoms with Crippen molar-refractivity contribution in [3.63, 3.8) is 0 Å². The number of alkyl carbamates (subject to hydrolysis) is 1. The predicted molar refractivity (Wildman–Crippen MR) is 183 cm³/mol. The Morgan fingerprint density at radius 2 is 1.54 bits per heavy atom. The number of benzene rings is 1. The van der Waals surface area contributed by atoms with Crippen LogP contribution in [0.4, 0.5) is 4.79 Å². The van der Waals surface area contributed by atoms with Gasteiger partial charge in [-0.15, -0.1) is 0 Å². The van der Waals surface area contributed by atoms with Crippen LogP contribution in [0.3, 0.4) is 0 Å². The fraction of sp³-hybridized carbons (Fsp3) is 0.583. The molecule has 6 atom stereocenters. The smallest absolute Gasteiger partial charge is 0.408 e. The molecule has 12 nitrogen and oxygen atoms in total. The molecule has 0 aliphatic rings. The van der Waals surface area contributed by atoms with E-state index < -0.39 is 54.1 Å². The lowest BCUT2D eigenvalue weighted by molar-refractivity contribution is -0.131. The van der Waals surface area contributed by atoms with Crippen molar-refractivity contribution in [2.24, 2.45) is 11.8 Å². The van der Waals surface area contributed by atoms with E-state index in [1.165, 1.54) is 0 Å². The first-order valence-electron chi connectivity index (χ1n) is 17.0. The molecule has 6 N–H and O–H groups in total. The second-order valence-corrected chi connectivity index (χ2v) is 12.7. The van der Waals surface area contributed by atoms with Gasteiger partial charge in [0.05, 0.1) is 31.2 Å². The molecule has 1 aromatic heterocycles. The number of amides is 4. The minimum atomic E-state index is -1.20. The monoisotopic (exact) mass is 669 g/mol. The van der Waals surface area contributed by atoms with Crippen LogP contribution in [0.5, 0.6) is 0 Å². The molecule has 12 heteroatoms. The van der Waals surface area contributed by atoms with Crippen LogP contribution in [-0.4, -0.2) is 75.9 Å². The van der Waals surface area contributed by atoms with Crippen LogP contribution in [-0.2, 0) is 32.1 Å². The van der Waals surface area contributed by atoms with Crippen molar-refractivity contribution < 1.29 is 34.1 Å². The van der Waals surface area contributed by atoms with Crippen molar-refractivity contribution in [2.75, 3.05) is 6.61 Å². The molecule has 2 aromatic rings. The Bertz CT molecular complexity index is 1250. The summed E-state index contributed by atoms with van der Waals surface area (Å²) in [4.78, 5) is 57.2. The van der Waals surface area contributed by atoms with E-state index in [1.807, 2.05) is 65.0 Å². The molecule has 0 saturated carbocycles. The maximum absolute atomic E-state index is 13.7. The van der Waals surface area contributed by atoms with E-state index in [2.05, 4.69) is 26.3 Å². The molecule has 2 rings (SSSR count). The molecule has 0 bridgehead atoms. The number of hydrogen-bond acceptors (Lipinski definition) is 8. The molecule has 266 valence electrons. The SMILES string of the molecule is CCCC[C@H](NC(=O)[C@H](Cc1ccccn1)NC(=O)OCc1ccccc1)C(=O)NC(CC(C)C)C(O)CC(=O)N[C@H](CO)C(C)CC. The quantitative estimate of drug-likeness (QED) is 0.117. The number of unbranched alkanes of at least 4 members (excludes halogenated alkanes) is 1. The number of rotatable bonds is 21. The number of ether oxygens (including phenoxy) is 1. The summed E-state index contributed by atoms with van der Waals surface area (Å²) in [6.07, 6.45) is 2.26. The van der Waals surface area contributed by atoms with Crippen LogP contribution >= 0.6 is 0 Å². The van der Waals surface area contributed by atoms with Crippen LogP contribution in [0.25, 0.3) is 0 Å². The number of aliphatic hydroxyl groups is 2. The minimum Gasteiger partial charge on any atom is -0.445 e. The fourth-order valence-corrected chi connectivity index (χ4v) is 5.15. The van der Waals surface area contributed by atoms with E-state index in [0.717, 1.165) is 18.4 Å². The van der Waals surface area contributed by atoms with Crippen molar-refractivity contribution >= 4 is 23.8 Å². The van der Waals surface area contributed by atoms with Gasteiger partial charge in [-0.3, -0.25) is 19.4 Å². The summed E-state index contributed by atoms with van der Waals surface area (Å²) in [6.45, 7) is 9.53. The molecular formula is C36H55N5O7. The first kappa shape index (κ1) is 40.1. The summed E-state index contributed by atoms with van der Waals surface area (Å²) in [5.41, 5.74) is 1.35. The molecule has 3 unspecified atom stereocenters. The topological polar surface area (TPSA) is 179 Å². The largest absolute Gasteiger partial charge is 0.445 e. The Hall–Kier alpha value is -4.03. The average molecular weight is 670 g/mol. The zero-order valence-electron chi connectivity index (χ0n) is 29.0. The van der Waals surface area contributed by atoms with E-state index >= 15 is 0 Å². The fourth-order valence-electron chi connectivity index (χ4n) is 5.15. The highest BCUT2D eigenvalue weighted by atomic mass is 16.5. The molecule has 0 spiro atoms. The van der Waals surface area contributed by atoms with Gasteiger partial charge in [0.1, 0.15) is 18.7 Å². The Kier molecular flexibility index (Phi) is 18.2. The Labute approximate surface area is 284 Å². The molecule has 1 heterocycles. The van der Waals surface area contributed by atoms with Crippen molar-refractivity contribution in [2.45, 2.75) is 116 Å². The predicted octanol–water partition coefficient (Wildman–Crippen LogP) is 3.40. The molecule has 0 saturated heterocycles. The Morgan fingerprint density at radius 3 is 2.15 bits per heavy atom. The number of carbonyl (C=O) groups excluding carboxylic acids is 4. The number of nitrogens with one attached hydrogen (secondary N) is 4. The van der Waals surface area contributed by atoms with Crippen LogP contribution in [0.15, 0.2) is 54.7 Å². The van der Waals surface area contributed by atoms with Gasteiger partial charge < -0.3 is 36.2 Å².